The van der Waals surface area contributed by atoms with Crippen LogP contribution < -0.4 is 10.5 Å². The first kappa shape index (κ1) is 15.5. The van der Waals surface area contributed by atoms with Crippen molar-refractivity contribution < 1.29 is 9.13 Å². The van der Waals surface area contributed by atoms with Gasteiger partial charge in [0.1, 0.15) is 11.6 Å². The molecule has 0 aliphatic carbocycles. The number of benzene rings is 1. The summed E-state index contributed by atoms with van der Waals surface area (Å²) in [5.41, 5.74) is 6.25. The molecule has 0 aromatic heterocycles. The summed E-state index contributed by atoms with van der Waals surface area (Å²) >= 11 is 0. The van der Waals surface area contributed by atoms with Crippen LogP contribution in [0.4, 0.5) is 4.39 Å². The molecule has 2 N–H and O–H groups in total. The third-order valence-corrected chi connectivity index (χ3v) is 2.97. The zero-order chi connectivity index (χ0) is 14.5. The Morgan fingerprint density at radius 3 is 2.74 bits per heavy atom. The molecule has 0 spiro atoms. The Morgan fingerprint density at radius 2 is 2.16 bits per heavy atom. The first-order valence-corrected chi connectivity index (χ1v) is 6.45. The first-order chi connectivity index (χ1) is 8.85. The minimum Gasteiger partial charge on any atom is -0.493 e. The van der Waals surface area contributed by atoms with Crippen molar-refractivity contribution in [3.8, 4) is 11.8 Å². The molecule has 4 heteroatoms. The Hall–Kier alpha value is -1.60. The highest BCUT2D eigenvalue weighted by Gasteiger charge is 2.16. The summed E-state index contributed by atoms with van der Waals surface area (Å²) in [7, 11) is 0. The molecular weight excluding hydrogens is 243 g/mol. The van der Waals surface area contributed by atoms with Crippen LogP contribution in [0.5, 0.6) is 5.75 Å². The second-order valence-corrected chi connectivity index (χ2v) is 5.42. The molecule has 0 amide bonds. The highest BCUT2D eigenvalue weighted by molar-refractivity contribution is 5.36. The summed E-state index contributed by atoms with van der Waals surface area (Å²) in [5.74, 6) is 0.154. The topological polar surface area (TPSA) is 59.0 Å². The van der Waals surface area contributed by atoms with Gasteiger partial charge in [-0.15, -0.1) is 0 Å². The number of nitrogens with zero attached hydrogens (tertiary/aromatic N) is 1. The summed E-state index contributed by atoms with van der Waals surface area (Å²) in [4.78, 5) is 0. The summed E-state index contributed by atoms with van der Waals surface area (Å²) < 4.78 is 18.8. The molecule has 1 rings (SSSR count). The molecule has 0 radical (unpaired) electrons. The number of halogens is 1. The van der Waals surface area contributed by atoms with Gasteiger partial charge in [0.15, 0.2) is 0 Å². The third kappa shape index (κ3) is 4.88. The van der Waals surface area contributed by atoms with Crippen LogP contribution in [0, 0.1) is 22.6 Å². The molecule has 0 saturated heterocycles. The van der Waals surface area contributed by atoms with Crippen LogP contribution in [0.15, 0.2) is 18.2 Å². The molecule has 0 fully saturated rings. The molecule has 0 bridgehead atoms. The predicted molar refractivity (Wildman–Crippen MR) is 73.1 cm³/mol. The highest BCUT2D eigenvalue weighted by atomic mass is 19.1. The quantitative estimate of drug-likeness (QED) is 0.799. The van der Waals surface area contributed by atoms with Gasteiger partial charge in [0.2, 0.25) is 0 Å². The largest absolute Gasteiger partial charge is 0.493 e. The molecule has 104 valence electrons. The zero-order valence-corrected chi connectivity index (χ0v) is 11.7. The maximum absolute atomic E-state index is 13.2. The van der Waals surface area contributed by atoms with Gasteiger partial charge < -0.3 is 10.5 Å². The van der Waals surface area contributed by atoms with Crippen LogP contribution in [0.1, 0.15) is 45.2 Å². The fourth-order valence-electron chi connectivity index (χ4n) is 1.76. The van der Waals surface area contributed by atoms with Gasteiger partial charge in [-0.1, -0.05) is 6.07 Å². The number of rotatable bonds is 6. The molecule has 0 unspecified atom stereocenters. The standard InChI is InChI=1S/C15H21FN2O/c1-11(18)13-6-5-12(16)9-14(13)19-8-4-7-15(2,3)10-17/h5-6,9,11H,4,7-8,18H2,1-3H3/t11-/m0/s1. The lowest BCUT2D eigenvalue weighted by Crippen LogP contribution is -2.12. The molecule has 1 atom stereocenters. The summed E-state index contributed by atoms with van der Waals surface area (Å²) in [5, 5.41) is 8.91. The predicted octanol–water partition coefficient (Wildman–Crippen LogP) is 3.55. The SMILES string of the molecule is C[C@H](N)c1ccc(F)cc1OCCCC(C)(C)C#N. The molecular formula is C15H21FN2O. The van der Waals surface area contributed by atoms with E-state index in [0.717, 1.165) is 18.4 Å². The average molecular weight is 264 g/mol. The van der Waals surface area contributed by atoms with E-state index >= 15 is 0 Å². The van der Waals surface area contributed by atoms with E-state index in [1.54, 1.807) is 6.07 Å². The lowest BCUT2D eigenvalue weighted by Gasteiger charge is -2.17. The molecule has 1 aromatic carbocycles. The molecule has 19 heavy (non-hydrogen) atoms. The smallest absolute Gasteiger partial charge is 0.126 e. The maximum atomic E-state index is 13.2. The summed E-state index contributed by atoms with van der Waals surface area (Å²) in [6.45, 7) is 6.07. The van der Waals surface area contributed by atoms with Gasteiger partial charge in [0, 0.05) is 17.7 Å². The maximum Gasteiger partial charge on any atom is 0.126 e. The fourth-order valence-corrected chi connectivity index (χ4v) is 1.76. The Kier molecular flexibility index (Phi) is 5.31. The Balaban J connectivity index is 2.58. The van der Waals surface area contributed by atoms with Gasteiger partial charge in [-0.2, -0.15) is 5.26 Å². The lowest BCUT2D eigenvalue weighted by atomic mass is 9.90. The number of hydrogen-bond acceptors (Lipinski definition) is 3. The van der Waals surface area contributed by atoms with E-state index in [4.69, 9.17) is 15.7 Å². The monoisotopic (exact) mass is 264 g/mol. The molecule has 0 heterocycles. The van der Waals surface area contributed by atoms with Crippen molar-refractivity contribution in [1.82, 2.24) is 0 Å². The number of nitriles is 1. The van der Waals surface area contributed by atoms with Crippen molar-refractivity contribution in [2.45, 2.75) is 39.7 Å². The highest BCUT2D eigenvalue weighted by Crippen LogP contribution is 2.26. The normalized spacial score (nSPS) is 12.8. The minimum absolute atomic E-state index is 0.203. The van der Waals surface area contributed by atoms with Crippen LogP contribution in [0.3, 0.4) is 0 Å². The molecule has 1 aromatic rings. The van der Waals surface area contributed by atoms with E-state index in [9.17, 15) is 4.39 Å². The van der Waals surface area contributed by atoms with E-state index in [2.05, 4.69) is 6.07 Å². The minimum atomic E-state index is -0.352. The van der Waals surface area contributed by atoms with Crippen LogP contribution in [0.2, 0.25) is 0 Å². The van der Waals surface area contributed by atoms with E-state index in [1.807, 2.05) is 20.8 Å². The van der Waals surface area contributed by atoms with Crippen LogP contribution >= 0.6 is 0 Å². The zero-order valence-electron chi connectivity index (χ0n) is 11.7. The van der Waals surface area contributed by atoms with E-state index in [1.165, 1.54) is 12.1 Å². The Labute approximate surface area is 114 Å². The molecule has 0 saturated carbocycles. The van der Waals surface area contributed by atoms with Crippen LogP contribution in [-0.4, -0.2) is 6.61 Å². The number of nitrogens with two attached hydrogens (primary N) is 1. The Morgan fingerprint density at radius 1 is 1.47 bits per heavy atom. The van der Waals surface area contributed by atoms with E-state index in [0.29, 0.717) is 12.4 Å². The van der Waals surface area contributed by atoms with Crippen molar-refractivity contribution in [3.05, 3.63) is 29.6 Å². The van der Waals surface area contributed by atoms with Gasteiger partial charge in [-0.25, -0.2) is 4.39 Å². The molecule has 0 aliphatic heterocycles. The van der Waals surface area contributed by atoms with Gasteiger partial charge in [0.25, 0.3) is 0 Å². The summed E-state index contributed by atoms with van der Waals surface area (Å²) in [6.07, 6.45) is 1.49. The van der Waals surface area contributed by atoms with Gasteiger partial charge in [0.05, 0.1) is 18.1 Å². The molecule has 0 aliphatic rings. The van der Waals surface area contributed by atoms with Crippen molar-refractivity contribution in [2.75, 3.05) is 6.61 Å². The molecule has 3 nitrogen and oxygen atoms in total. The average Bonchev–Trinajstić information content (AvgIpc) is 2.34. The van der Waals surface area contributed by atoms with Gasteiger partial charge >= 0.3 is 0 Å². The van der Waals surface area contributed by atoms with Gasteiger partial charge in [-0.3, -0.25) is 0 Å². The van der Waals surface area contributed by atoms with E-state index < -0.39 is 0 Å². The second-order valence-electron chi connectivity index (χ2n) is 5.42. The van der Waals surface area contributed by atoms with Crippen LogP contribution in [0.25, 0.3) is 0 Å². The van der Waals surface area contributed by atoms with Crippen molar-refractivity contribution in [1.29, 1.82) is 5.26 Å². The van der Waals surface area contributed by atoms with Gasteiger partial charge in [-0.05, 0) is 39.7 Å². The van der Waals surface area contributed by atoms with Crippen molar-refractivity contribution in [2.24, 2.45) is 11.1 Å². The summed E-state index contributed by atoms with van der Waals surface area (Å²) in [6, 6.07) is 6.42. The van der Waals surface area contributed by atoms with Crippen molar-refractivity contribution in [3.63, 3.8) is 0 Å². The second kappa shape index (κ2) is 6.53. The number of ether oxygens (including phenoxy) is 1. The van der Waals surface area contributed by atoms with E-state index in [-0.39, 0.29) is 17.3 Å². The first-order valence-electron chi connectivity index (χ1n) is 6.45. The van der Waals surface area contributed by atoms with Crippen molar-refractivity contribution >= 4 is 0 Å². The fraction of sp³-hybridized carbons (Fsp3) is 0.533. The Bertz CT molecular complexity index is 464. The third-order valence-electron chi connectivity index (χ3n) is 2.97. The number of hydrogen-bond donors (Lipinski definition) is 1. The lowest BCUT2D eigenvalue weighted by molar-refractivity contribution is 0.280. The van der Waals surface area contributed by atoms with Crippen LogP contribution in [-0.2, 0) is 0 Å².